The lowest BCUT2D eigenvalue weighted by atomic mass is 10.7. The molecule has 0 aromatic carbocycles. The predicted molar refractivity (Wildman–Crippen MR) is 34.6 cm³/mol. The van der Waals surface area contributed by atoms with Crippen LogP contribution in [0, 0.1) is 0 Å². The van der Waals surface area contributed by atoms with Crippen molar-refractivity contribution in [1.29, 1.82) is 0 Å². The largest absolute Gasteiger partial charge is 0.282 e. The molecule has 1 rings (SSSR count). The molecule has 0 fully saturated rings. The summed E-state index contributed by atoms with van der Waals surface area (Å²) < 4.78 is 20.8. The Morgan fingerprint density at radius 2 is 2.33 bits per heavy atom. The predicted octanol–water partition coefficient (Wildman–Crippen LogP) is -0.214. The van der Waals surface area contributed by atoms with Crippen LogP contribution in [-0.2, 0) is 0 Å². The second-order valence-electron chi connectivity index (χ2n) is 1.42. The van der Waals surface area contributed by atoms with E-state index in [0.717, 1.165) is 0 Å². The second-order valence-corrected chi connectivity index (χ2v) is 1.42. The fourth-order valence-electron chi connectivity index (χ4n) is 0.416. The van der Waals surface area contributed by atoms with Gasteiger partial charge in [-0.2, -0.15) is 0 Å². The summed E-state index contributed by atoms with van der Waals surface area (Å²) in [5, 5.41) is 0.549. The monoisotopic (exact) mass is 127 g/mol. The molecule has 2 N–H and O–H groups in total. The van der Waals surface area contributed by atoms with Crippen molar-refractivity contribution in [3.8, 4) is 0 Å². The highest BCUT2D eigenvalue weighted by atomic mass is 15.4. The fraction of sp³-hybridized carbons (Fsp3) is 0.200. The number of hydrogen-bond donors (Lipinski definition) is 1. The molecule has 9 heavy (non-hydrogen) atoms. The minimum absolute atomic E-state index is 0.0162. The maximum Gasteiger partial charge on any atom is 0.239 e. The molecule has 0 aliphatic rings. The third kappa shape index (κ3) is 1.36. The molecule has 0 unspecified atom stereocenters. The molecule has 0 amide bonds. The number of nitrogens with two attached hydrogens (primary N) is 1. The number of anilines is 1. The maximum atomic E-state index is 6.93. The molecule has 1 aromatic rings. The lowest BCUT2D eigenvalue weighted by Gasteiger charge is -2.06. The summed E-state index contributed by atoms with van der Waals surface area (Å²) in [5.41, 5.74) is 0. The van der Waals surface area contributed by atoms with E-state index in [-0.39, 0.29) is 5.95 Å². The topological polar surface area (TPSA) is 55.0 Å². The number of hydrazine groups is 1. The molecule has 0 aliphatic carbocycles. The Morgan fingerprint density at radius 3 is 2.89 bits per heavy atom. The van der Waals surface area contributed by atoms with E-state index < -0.39 is 6.98 Å². The van der Waals surface area contributed by atoms with Crippen molar-refractivity contribution in [1.82, 2.24) is 9.97 Å². The van der Waals surface area contributed by atoms with E-state index in [0.29, 0.717) is 5.01 Å². The van der Waals surface area contributed by atoms with Crippen LogP contribution in [-0.4, -0.2) is 16.9 Å². The van der Waals surface area contributed by atoms with Crippen LogP contribution < -0.4 is 10.9 Å². The van der Waals surface area contributed by atoms with Gasteiger partial charge in [-0.3, -0.25) is 5.01 Å². The van der Waals surface area contributed by atoms with Gasteiger partial charge in [0.15, 0.2) is 0 Å². The highest BCUT2D eigenvalue weighted by molar-refractivity contribution is 5.22. The normalized spacial score (nSPS) is 15.4. The zero-order valence-corrected chi connectivity index (χ0v) is 4.65. The molecule has 0 atom stereocenters. The molecular formula is C5H8N4. The summed E-state index contributed by atoms with van der Waals surface area (Å²) in [4.78, 5) is 7.35. The molecule has 1 heterocycles. The minimum Gasteiger partial charge on any atom is -0.282 e. The first-order valence-corrected chi connectivity index (χ1v) is 2.34. The van der Waals surface area contributed by atoms with Gasteiger partial charge in [0.2, 0.25) is 5.95 Å². The van der Waals surface area contributed by atoms with Gasteiger partial charge >= 0.3 is 0 Å². The Morgan fingerprint density at radius 1 is 1.67 bits per heavy atom. The lowest BCUT2D eigenvalue weighted by Crippen LogP contribution is -2.26. The van der Waals surface area contributed by atoms with Gasteiger partial charge in [0.25, 0.3) is 0 Å². The molecule has 0 radical (unpaired) electrons. The highest BCUT2D eigenvalue weighted by Gasteiger charge is 1.92. The van der Waals surface area contributed by atoms with Crippen LogP contribution in [0.2, 0.25) is 0 Å². The third-order valence-corrected chi connectivity index (χ3v) is 0.768. The van der Waals surface area contributed by atoms with Crippen molar-refractivity contribution < 1.29 is 4.11 Å². The number of rotatable bonds is 1. The summed E-state index contributed by atoms with van der Waals surface area (Å²) in [6.45, 7) is -2.40. The lowest BCUT2D eigenvalue weighted by molar-refractivity contribution is 0.929. The van der Waals surface area contributed by atoms with E-state index in [1.54, 1.807) is 6.07 Å². The molecule has 1 aromatic heterocycles. The maximum absolute atomic E-state index is 6.93. The second kappa shape index (κ2) is 2.41. The quantitative estimate of drug-likeness (QED) is 0.419. The summed E-state index contributed by atoms with van der Waals surface area (Å²) in [6.07, 6.45) is 2.85. The van der Waals surface area contributed by atoms with E-state index in [9.17, 15) is 0 Å². The van der Waals surface area contributed by atoms with Gasteiger partial charge in [0, 0.05) is 23.5 Å². The molecule has 0 spiro atoms. The Bertz CT molecular complexity index is 247. The average Bonchev–Trinajstić information content (AvgIpc) is 2.03. The van der Waals surface area contributed by atoms with Crippen molar-refractivity contribution in [2.45, 2.75) is 0 Å². The SMILES string of the molecule is [2H]C([2H])([2H])N(N)c1ncccn1. The molecule has 4 nitrogen and oxygen atoms in total. The van der Waals surface area contributed by atoms with Crippen molar-refractivity contribution in [3.63, 3.8) is 0 Å². The third-order valence-electron chi connectivity index (χ3n) is 0.768. The Hall–Kier alpha value is -1.16. The number of aromatic nitrogens is 2. The van der Waals surface area contributed by atoms with E-state index in [4.69, 9.17) is 9.95 Å². The van der Waals surface area contributed by atoms with Crippen molar-refractivity contribution in [3.05, 3.63) is 18.5 Å². The van der Waals surface area contributed by atoms with Crippen LogP contribution in [0.15, 0.2) is 18.5 Å². The van der Waals surface area contributed by atoms with Gasteiger partial charge in [-0.15, -0.1) is 0 Å². The smallest absolute Gasteiger partial charge is 0.239 e. The summed E-state index contributed by atoms with van der Waals surface area (Å²) in [7, 11) is 0. The van der Waals surface area contributed by atoms with Crippen LogP contribution in [0.4, 0.5) is 5.95 Å². The Labute approximate surface area is 57.5 Å². The molecule has 4 heteroatoms. The molecule has 0 aliphatic heterocycles. The van der Waals surface area contributed by atoms with Gasteiger partial charge in [-0.25, -0.2) is 15.8 Å². The fourth-order valence-corrected chi connectivity index (χ4v) is 0.416. The zero-order valence-electron chi connectivity index (χ0n) is 7.65. The minimum atomic E-state index is -2.40. The van der Waals surface area contributed by atoms with Gasteiger partial charge in [0.05, 0.1) is 0 Å². The van der Waals surface area contributed by atoms with Crippen LogP contribution in [0.3, 0.4) is 0 Å². The first kappa shape index (κ1) is 3.12. The Balaban J connectivity index is 2.86. The van der Waals surface area contributed by atoms with E-state index in [2.05, 4.69) is 9.97 Å². The van der Waals surface area contributed by atoms with E-state index in [1.807, 2.05) is 0 Å². The van der Waals surface area contributed by atoms with Gasteiger partial charge in [-0.1, -0.05) is 0 Å². The van der Waals surface area contributed by atoms with Gasteiger partial charge < -0.3 is 0 Å². The zero-order chi connectivity index (χ0) is 9.19. The Kier molecular flexibility index (Phi) is 0.836. The number of nitrogens with zero attached hydrogens (tertiary/aromatic N) is 3. The standard InChI is InChI=1S/C5H8N4/c1-9(6)5-7-3-2-4-8-5/h2-4H,6H2,1H3/i1D3. The van der Waals surface area contributed by atoms with Crippen molar-refractivity contribution >= 4 is 5.95 Å². The van der Waals surface area contributed by atoms with Crippen LogP contribution >= 0.6 is 0 Å². The molecule has 0 bridgehead atoms. The van der Waals surface area contributed by atoms with E-state index >= 15 is 0 Å². The molecular weight excluding hydrogens is 116 g/mol. The average molecular weight is 127 g/mol. The van der Waals surface area contributed by atoms with Crippen LogP contribution in [0.1, 0.15) is 4.11 Å². The summed E-state index contributed by atoms with van der Waals surface area (Å²) in [5.74, 6) is 5.20. The van der Waals surface area contributed by atoms with Crippen LogP contribution in [0.5, 0.6) is 0 Å². The molecule has 0 saturated heterocycles. The van der Waals surface area contributed by atoms with Gasteiger partial charge in [-0.05, 0) is 6.07 Å². The number of hydrogen-bond acceptors (Lipinski definition) is 4. The first-order valence-electron chi connectivity index (χ1n) is 3.84. The molecule has 0 saturated carbocycles. The molecule has 48 valence electrons. The highest BCUT2D eigenvalue weighted by Crippen LogP contribution is 1.94. The van der Waals surface area contributed by atoms with Crippen molar-refractivity contribution in [2.75, 3.05) is 12.0 Å². The summed E-state index contributed by atoms with van der Waals surface area (Å²) >= 11 is 0. The van der Waals surface area contributed by atoms with Crippen LogP contribution in [0.25, 0.3) is 0 Å². The first-order chi connectivity index (χ1) is 5.52. The van der Waals surface area contributed by atoms with E-state index in [1.165, 1.54) is 12.4 Å². The van der Waals surface area contributed by atoms with Gasteiger partial charge in [0.1, 0.15) is 0 Å². The van der Waals surface area contributed by atoms with Crippen molar-refractivity contribution in [2.24, 2.45) is 5.84 Å². The summed E-state index contributed by atoms with van der Waals surface area (Å²) in [6, 6.07) is 1.58.